The molecule has 1 N–H and O–H groups in total. The monoisotopic (exact) mass is 359 g/mol. The Labute approximate surface area is 158 Å². The number of nitrogens with zero attached hydrogens (tertiary/aromatic N) is 2. The lowest BCUT2D eigenvalue weighted by atomic mass is 9.76. The lowest BCUT2D eigenvalue weighted by Gasteiger charge is -2.28. The van der Waals surface area contributed by atoms with E-state index in [1.165, 1.54) is 0 Å². The molecule has 1 aliphatic rings. The van der Waals surface area contributed by atoms with E-state index in [2.05, 4.69) is 24.3 Å². The first kappa shape index (κ1) is 17.2. The lowest BCUT2D eigenvalue weighted by molar-refractivity contribution is 0.0910. The smallest absolute Gasteiger partial charge is 0.255 e. The van der Waals surface area contributed by atoms with Gasteiger partial charge in [-0.2, -0.15) is 5.10 Å². The summed E-state index contributed by atoms with van der Waals surface area (Å²) in [6.45, 7) is 4.20. The maximum absolute atomic E-state index is 12.4. The summed E-state index contributed by atoms with van der Waals surface area (Å²) in [4.78, 5) is 24.8. The van der Waals surface area contributed by atoms with Crippen LogP contribution in [0.15, 0.2) is 60.8 Å². The molecule has 3 aromatic rings. The number of hydrogen-bond acceptors (Lipinski definition) is 3. The van der Waals surface area contributed by atoms with Crippen molar-refractivity contribution in [1.82, 2.24) is 9.78 Å². The molecule has 5 nitrogen and oxygen atoms in total. The van der Waals surface area contributed by atoms with Crippen LogP contribution in [0, 0.1) is 5.41 Å². The van der Waals surface area contributed by atoms with E-state index in [1.54, 1.807) is 18.3 Å². The van der Waals surface area contributed by atoms with E-state index < -0.39 is 0 Å². The Bertz CT molecular complexity index is 1000. The summed E-state index contributed by atoms with van der Waals surface area (Å²) >= 11 is 0. The van der Waals surface area contributed by atoms with Crippen molar-refractivity contribution < 1.29 is 9.59 Å². The van der Waals surface area contributed by atoms with E-state index in [-0.39, 0.29) is 17.1 Å². The highest BCUT2D eigenvalue weighted by Gasteiger charge is 2.34. The number of aromatic nitrogens is 2. The average Bonchev–Trinajstić information content (AvgIpc) is 3.05. The molecule has 1 aliphatic carbocycles. The van der Waals surface area contributed by atoms with E-state index >= 15 is 0 Å². The molecule has 0 spiro atoms. The van der Waals surface area contributed by atoms with Crippen molar-refractivity contribution in [3.8, 4) is 5.69 Å². The second kappa shape index (κ2) is 6.50. The summed E-state index contributed by atoms with van der Waals surface area (Å²) in [6, 6.07) is 16.6. The van der Waals surface area contributed by atoms with Gasteiger partial charge in [-0.25, -0.2) is 4.68 Å². The maximum atomic E-state index is 12.4. The fraction of sp³-hybridized carbons (Fsp3) is 0.227. The SMILES string of the molecule is CC1(C)CC(=O)c2cnn(-c3ccc(C(=O)Nc4ccccc4)cc3)c2C1. The highest BCUT2D eigenvalue weighted by molar-refractivity contribution is 6.04. The van der Waals surface area contributed by atoms with Crippen molar-refractivity contribution in [1.29, 1.82) is 0 Å². The highest BCUT2D eigenvalue weighted by Crippen LogP contribution is 2.35. The fourth-order valence-electron chi connectivity index (χ4n) is 3.52. The Morgan fingerprint density at radius 2 is 1.74 bits per heavy atom. The molecular weight excluding hydrogens is 338 g/mol. The Morgan fingerprint density at radius 3 is 2.44 bits per heavy atom. The van der Waals surface area contributed by atoms with Gasteiger partial charge in [0.15, 0.2) is 5.78 Å². The van der Waals surface area contributed by atoms with E-state index in [0.717, 1.165) is 23.5 Å². The Morgan fingerprint density at radius 1 is 1.04 bits per heavy atom. The molecule has 1 heterocycles. The van der Waals surface area contributed by atoms with Crippen molar-refractivity contribution in [2.45, 2.75) is 26.7 Å². The van der Waals surface area contributed by atoms with Crippen LogP contribution in [0.1, 0.15) is 46.7 Å². The molecule has 136 valence electrons. The Balaban J connectivity index is 1.59. The van der Waals surface area contributed by atoms with Crippen LogP contribution < -0.4 is 5.32 Å². The second-order valence-corrected chi connectivity index (χ2v) is 7.72. The number of fused-ring (bicyclic) bond motifs is 1. The topological polar surface area (TPSA) is 64.0 Å². The maximum Gasteiger partial charge on any atom is 0.255 e. The molecule has 0 saturated heterocycles. The standard InChI is InChI=1S/C22H21N3O2/c1-22(2)12-19-18(20(26)13-22)14-23-25(19)17-10-8-15(9-11-17)21(27)24-16-6-4-3-5-7-16/h3-11,14H,12-13H2,1-2H3,(H,24,27). The first-order valence-corrected chi connectivity index (χ1v) is 9.00. The quantitative estimate of drug-likeness (QED) is 0.759. The summed E-state index contributed by atoms with van der Waals surface area (Å²) in [7, 11) is 0. The van der Waals surface area contributed by atoms with Crippen LogP contribution in [0.3, 0.4) is 0 Å². The van der Waals surface area contributed by atoms with Gasteiger partial charge in [-0.15, -0.1) is 0 Å². The van der Waals surface area contributed by atoms with Gasteiger partial charge in [-0.3, -0.25) is 9.59 Å². The summed E-state index contributed by atoms with van der Waals surface area (Å²) in [5.41, 5.74) is 3.75. The number of Topliss-reactive ketones (excluding diaryl/α,β-unsaturated/α-hetero) is 1. The van der Waals surface area contributed by atoms with Gasteiger partial charge in [-0.1, -0.05) is 32.0 Å². The normalized spacial score (nSPS) is 15.3. The van der Waals surface area contributed by atoms with Crippen LogP contribution in [0.25, 0.3) is 5.69 Å². The number of rotatable bonds is 3. The molecule has 0 aliphatic heterocycles. The zero-order valence-corrected chi connectivity index (χ0v) is 15.4. The van der Waals surface area contributed by atoms with Gasteiger partial charge in [0, 0.05) is 17.7 Å². The number of anilines is 1. The van der Waals surface area contributed by atoms with Crippen LogP contribution in [0.5, 0.6) is 0 Å². The van der Waals surface area contributed by atoms with E-state index in [0.29, 0.717) is 17.5 Å². The molecule has 0 radical (unpaired) electrons. The van der Waals surface area contributed by atoms with E-state index in [9.17, 15) is 9.59 Å². The first-order chi connectivity index (χ1) is 12.9. The molecule has 0 unspecified atom stereocenters. The molecule has 0 bridgehead atoms. The van der Waals surface area contributed by atoms with Crippen molar-refractivity contribution in [3.63, 3.8) is 0 Å². The molecule has 0 atom stereocenters. The van der Waals surface area contributed by atoms with Crippen LogP contribution >= 0.6 is 0 Å². The molecule has 1 aromatic heterocycles. The zero-order chi connectivity index (χ0) is 19.0. The summed E-state index contributed by atoms with van der Waals surface area (Å²) < 4.78 is 1.81. The van der Waals surface area contributed by atoms with Crippen molar-refractivity contribution >= 4 is 17.4 Å². The summed E-state index contributed by atoms with van der Waals surface area (Å²) in [5.74, 6) is -0.0158. The minimum Gasteiger partial charge on any atom is -0.322 e. The number of nitrogens with one attached hydrogen (secondary N) is 1. The molecule has 5 heteroatoms. The molecular formula is C22H21N3O2. The van der Waals surface area contributed by atoms with Gasteiger partial charge in [0.2, 0.25) is 0 Å². The number of hydrogen-bond donors (Lipinski definition) is 1. The van der Waals surface area contributed by atoms with Gasteiger partial charge in [-0.05, 0) is 48.2 Å². The average molecular weight is 359 g/mol. The van der Waals surface area contributed by atoms with Crippen molar-refractivity contribution in [2.24, 2.45) is 5.41 Å². The highest BCUT2D eigenvalue weighted by atomic mass is 16.1. The minimum absolute atomic E-state index is 0.0720. The molecule has 2 aromatic carbocycles. The van der Waals surface area contributed by atoms with E-state index in [1.807, 2.05) is 47.1 Å². The molecule has 4 rings (SSSR count). The molecule has 1 amide bonds. The van der Waals surface area contributed by atoms with Crippen molar-refractivity contribution in [3.05, 3.63) is 77.6 Å². The Hall–Kier alpha value is -3.21. The number of ketones is 1. The van der Waals surface area contributed by atoms with Crippen molar-refractivity contribution in [2.75, 3.05) is 5.32 Å². The number of carbonyl (C=O) groups is 2. The van der Waals surface area contributed by atoms with Crippen LogP contribution in [-0.4, -0.2) is 21.5 Å². The fourth-order valence-corrected chi connectivity index (χ4v) is 3.52. The minimum atomic E-state index is -0.161. The second-order valence-electron chi connectivity index (χ2n) is 7.72. The molecule has 0 fully saturated rings. The van der Waals surface area contributed by atoms with Crippen LogP contribution in [0.2, 0.25) is 0 Å². The van der Waals surface area contributed by atoms with Crippen LogP contribution in [0.4, 0.5) is 5.69 Å². The van der Waals surface area contributed by atoms with E-state index in [4.69, 9.17) is 0 Å². The zero-order valence-electron chi connectivity index (χ0n) is 15.4. The number of benzene rings is 2. The van der Waals surface area contributed by atoms with Gasteiger partial charge in [0.25, 0.3) is 5.91 Å². The Kier molecular flexibility index (Phi) is 4.15. The molecule has 0 saturated carbocycles. The number of para-hydroxylation sites is 1. The molecule has 27 heavy (non-hydrogen) atoms. The predicted molar refractivity (Wildman–Crippen MR) is 104 cm³/mol. The van der Waals surface area contributed by atoms with Crippen LogP contribution in [-0.2, 0) is 6.42 Å². The lowest BCUT2D eigenvalue weighted by Crippen LogP contribution is -2.27. The number of amides is 1. The predicted octanol–water partition coefficient (Wildman–Crippen LogP) is 4.28. The van der Waals surface area contributed by atoms with Gasteiger partial charge in [0.05, 0.1) is 23.1 Å². The largest absolute Gasteiger partial charge is 0.322 e. The van der Waals surface area contributed by atoms with Gasteiger partial charge in [0.1, 0.15) is 0 Å². The number of carbonyl (C=O) groups excluding carboxylic acids is 2. The first-order valence-electron chi connectivity index (χ1n) is 9.00. The summed E-state index contributed by atoms with van der Waals surface area (Å²) in [5, 5.41) is 7.29. The third kappa shape index (κ3) is 3.40. The van der Waals surface area contributed by atoms with Gasteiger partial charge >= 0.3 is 0 Å². The third-order valence-corrected chi connectivity index (χ3v) is 4.86. The van der Waals surface area contributed by atoms with Gasteiger partial charge < -0.3 is 5.32 Å². The summed E-state index contributed by atoms with van der Waals surface area (Å²) in [6.07, 6.45) is 3.00. The third-order valence-electron chi connectivity index (χ3n) is 4.86.